The highest BCUT2D eigenvalue weighted by Crippen LogP contribution is 2.38. The van der Waals surface area contributed by atoms with Crippen LogP contribution >= 0.6 is 0 Å². The molecule has 10 heteroatoms. The third-order valence-electron chi connectivity index (χ3n) is 5.95. The molecule has 2 aromatic carbocycles. The van der Waals surface area contributed by atoms with Crippen LogP contribution in [0.15, 0.2) is 54.9 Å². The summed E-state index contributed by atoms with van der Waals surface area (Å²) in [6.45, 7) is 1.91. The molecule has 1 fully saturated rings. The van der Waals surface area contributed by atoms with Crippen LogP contribution in [0.5, 0.6) is 5.75 Å². The van der Waals surface area contributed by atoms with Crippen molar-refractivity contribution < 1.29 is 32.6 Å². The number of carboxylic acid groups (broad SMARTS) is 1. The number of para-hydroxylation sites is 1. The largest absolute Gasteiger partial charge is 0.496 e. The van der Waals surface area contributed by atoms with E-state index in [0.717, 1.165) is 41.7 Å². The maximum absolute atomic E-state index is 13.1. The standard InChI is InChI=1S/C23H23N3O2.C2HF3O2/c1-28-22-8-3-2-6-17(22)18-11-24-12-19(18)23(27)25-21-7-4-5-15-13-26(14-20(15)21)16-9-10-16;3-2(4,5)1(6)7/h2-8,11-12,16,24H,9-10,13-14H2,1H3,(H,25,27);(H,6,7). The fourth-order valence-corrected chi connectivity index (χ4v) is 4.09. The molecule has 0 bridgehead atoms. The van der Waals surface area contributed by atoms with Gasteiger partial charge in [-0.15, -0.1) is 0 Å². The molecule has 1 aliphatic heterocycles. The maximum atomic E-state index is 13.1. The number of rotatable bonds is 5. The lowest BCUT2D eigenvalue weighted by atomic mass is 10.0. The normalized spacial score (nSPS) is 15.1. The molecule has 2 aliphatic rings. The number of aromatic amines is 1. The van der Waals surface area contributed by atoms with Crippen LogP contribution in [0.1, 0.15) is 34.3 Å². The molecule has 1 aromatic heterocycles. The first kappa shape index (κ1) is 24.3. The highest BCUT2D eigenvalue weighted by atomic mass is 19.4. The van der Waals surface area contributed by atoms with Crippen molar-refractivity contribution in [2.75, 3.05) is 12.4 Å². The van der Waals surface area contributed by atoms with Crippen LogP contribution in [0.4, 0.5) is 18.9 Å². The summed E-state index contributed by atoms with van der Waals surface area (Å²) in [5, 5.41) is 10.3. The lowest BCUT2D eigenvalue weighted by Gasteiger charge is -2.14. The van der Waals surface area contributed by atoms with Crippen LogP contribution in [0.3, 0.4) is 0 Å². The van der Waals surface area contributed by atoms with Crippen molar-refractivity contribution in [2.45, 2.75) is 38.1 Å². The van der Waals surface area contributed by atoms with E-state index in [9.17, 15) is 18.0 Å². The summed E-state index contributed by atoms with van der Waals surface area (Å²) >= 11 is 0. The number of carbonyl (C=O) groups is 2. The van der Waals surface area contributed by atoms with Crippen molar-refractivity contribution in [3.63, 3.8) is 0 Å². The van der Waals surface area contributed by atoms with Gasteiger partial charge in [-0.25, -0.2) is 4.79 Å². The third-order valence-corrected chi connectivity index (χ3v) is 5.95. The van der Waals surface area contributed by atoms with E-state index in [-0.39, 0.29) is 5.91 Å². The van der Waals surface area contributed by atoms with Crippen molar-refractivity contribution in [2.24, 2.45) is 0 Å². The van der Waals surface area contributed by atoms with Crippen molar-refractivity contribution in [1.29, 1.82) is 0 Å². The Morgan fingerprint density at radius 1 is 1.06 bits per heavy atom. The Morgan fingerprint density at radius 3 is 2.43 bits per heavy atom. The summed E-state index contributed by atoms with van der Waals surface area (Å²) in [6.07, 6.45) is 1.09. The highest BCUT2D eigenvalue weighted by Gasteiger charge is 2.38. The van der Waals surface area contributed by atoms with Gasteiger partial charge in [0, 0.05) is 48.3 Å². The fraction of sp³-hybridized carbons (Fsp3) is 0.280. The van der Waals surface area contributed by atoms with E-state index in [1.54, 1.807) is 13.3 Å². The number of fused-ring (bicyclic) bond motifs is 1. The average molecular weight is 487 g/mol. The van der Waals surface area contributed by atoms with Crippen LogP contribution in [-0.2, 0) is 17.9 Å². The van der Waals surface area contributed by atoms with Gasteiger partial charge >= 0.3 is 12.1 Å². The Labute approximate surface area is 199 Å². The van der Waals surface area contributed by atoms with Crippen molar-refractivity contribution >= 4 is 17.6 Å². The van der Waals surface area contributed by atoms with E-state index in [4.69, 9.17) is 14.6 Å². The van der Waals surface area contributed by atoms with Crippen LogP contribution in [-0.4, -0.2) is 46.2 Å². The zero-order chi connectivity index (χ0) is 25.2. The summed E-state index contributed by atoms with van der Waals surface area (Å²) in [6, 6.07) is 14.7. The number of aliphatic carboxylic acids is 1. The molecule has 3 N–H and O–H groups in total. The molecular formula is C25H24F3N3O4. The third kappa shape index (κ3) is 5.48. The number of nitrogens with zero attached hydrogens (tertiary/aromatic N) is 1. The zero-order valence-electron chi connectivity index (χ0n) is 18.9. The van der Waals surface area contributed by atoms with Gasteiger partial charge < -0.3 is 20.1 Å². The van der Waals surface area contributed by atoms with Gasteiger partial charge in [0.15, 0.2) is 0 Å². The second-order valence-corrected chi connectivity index (χ2v) is 8.32. The molecule has 1 saturated carbocycles. The van der Waals surface area contributed by atoms with E-state index >= 15 is 0 Å². The average Bonchev–Trinajstić information content (AvgIpc) is 3.39. The number of aromatic nitrogens is 1. The summed E-state index contributed by atoms with van der Waals surface area (Å²) in [5.74, 6) is -2.12. The Hall–Kier alpha value is -3.79. The molecule has 0 radical (unpaired) electrons. The molecule has 35 heavy (non-hydrogen) atoms. The second kappa shape index (κ2) is 9.83. The molecule has 1 amide bonds. The van der Waals surface area contributed by atoms with Gasteiger partial charge in [-0.05, 0) is 36.1 Å². The number of alkyl halides is 3. The quantitative estimate of drug-likeness (QED) is 0.468. The number of H-pyrrole nitrogens is 1. The van der Waals surface area contributed by atoms with Gasteiger partial charge in [-0.1, -0.05) is 30.3 Å². The van der Waals surface area contributed by atoms with Crippen molar-refractivity contribution in [3.8, 4) is 16.9 Å². The minimum Gasteiger partial charge on any atom is -0.496 e. The van der Waals surface area contributed by atoms with E-state index in [2.05, 4.69) is 21.3 Å². The predicted octanol–water partition coefficient (Wildman–Crippen LogP) is 5.05. The smallest absolute Gasteiger partial charge is 0.490 e. The van der Waals surface area contributed by atoms with Crippen LogP contribution in [0.2, 0.25) is 0 Å². The molecule has 3 aromatic rings. The number of benzene rings is 2. The molecule has 1 aliphatic carbocycles. The number of amides is 1. The number of hydrogen-bond acceptors (Lipinski definition) is 4. The number of nitrogens with one attached hydrogen (secondary N) is 2. The number of hydrogen-bond donors (Lipinski definition) is 3. The summed E-state index contributed by atoms with van der Waals surface area (Å²) < 4.78 is 37.2. The molecule has 2 heterocycles. The highest BCUT2D eigenvalue weighted by molar-refractivity contribution is 6.09. The summed E-state index contributed by atoms with van der Waals surface area (Å²) in [7, 11) is 1.64. The van der Waals surface area contributed by atoms with Crippen molar-refractivity contribution in [1.82, 2.24) is 9.88 Å². The number of ether oxygens (including phenoxy) is 1. The SMILES string of the molecule is COc1ccccc1-c1c[nH]cc1C(=O)Nc1cccc2c1CN(C1CC1)C2.O=C(O)C(F)(F)F. The fourth-order valence-electron chi connectivity index (χ4n) is 4.09. The zero-order valence-corrected chi connectivity index (χ0v) is 18.9. The van der Waals surface area contributed by atoms with Crippen molar-refractivity contribution in [3.05, 3.63) is 71.5 Å². The predicted molar refractivity (Wildman–Crippen MR) is 123 cm³/mol. The molecule has 0 saturated heterocycles. The number of anilines is 1. The van der Waals surface area contributed by atoms with Crippen LogP contribution in [0.25, 0.3) is 11.1 Å². The first-order valence-corrected chi connectivity index (χ1v) is 11.0. The van der Waals surface area contributed by atoms with E-state index in [1.807, 2.05) is 42.6 Å². The number of methoxy groups -OCH3 is 1. The summed E-state index contributed by atoms with van der Waals surface area (Å²) in [4.78, 5) is 27.6. The molecule has 7 nitrogen and oxygen atoms in total. The lowest BCUT2D eigenvalue weighted by molar-refractivity contribution is -0.192. The van der Waals surface area contributed by atoms with Crippen LogP contribution in [0, 0.1) is 0 Å². The Morgan fingerprint density at radius 2 is 1.77 bits per heavy atom. The molecule has 0 atom stereocenters. The van der Waals surface area contributed by atoms with Gasteiger partial charge in [0.25, 0.3) is 5.91 Å². The van der Waals surface area contributed by atoms with E-state index in [1.165, 1.54) is 24.0 Å². The number of carbonyl (C=O) groups excluding carboxylic acids is 1. The van der Waals surface area contributed by atoms with Gasteiger partial charge in [0.2, 0.25) is 0 Å². The van der Waals surface area contributed by atoms with Gasteiger partial charge in [0.05, 0.1) is 12.7 Å². The van der Waals surface area contributed by atoms with E-state index in [0.29, 0.717) is 5.56 Å². The summed E-state index contributed by atoms with van der Waals surface area (Å²) in [5.41, 5.74) is 5.83. The Balaban J connectivity index is 0.000000364. The molecule has 5 rings (SSSR count). The first-order valence-electron chi connectivity index (χ1n) is 11.0. The maximum Gasteiger partial charge on any atom is 0.490 e. The number of halogens is 3. The van der Waals surface area contributed by atoms with Gasteiger partial charge in [0.1, 0.15) is 5.75 Å². The van der Waals surface area contributed by atoms with Crippen LogP contribution < -0.4 is 10.1 Å². The Kier molecular flexibility index (Phi) is 6.83. The minimum absolute atomic E-state index is 0.111. The first-order chi connectivity index (χ1) is 16.7. The number of carboxylic acids is 1. The lowest BCUT2D eigenvalue weighted by Crippen LogP contribution is -2.21. The van der Waals surface area contributed by atoms with Gasteiger partial charge in [-0.3, -0.25) is 9.69 Å². The molecule has 0 unspecified atom stereocenters. The Bertz CT molecular complexity index is 1230. The second-order valence-electron chi connectivity index (χ2n) is 8.32. The van der Waals surface area contributed by atoms with E-state index < -0.39 is 12.1 Å². The molecule has 184 valence electrons. The molecule has 0 spiro atoms. The topological polar surface area (TPSA) is 94.7 Å². The minimum atomic E-state index is -5.08. The monoisotopic (exact) mass is 487 g/mol. The van der Waals surface area contributed by atoms with Gasteiger partial charge in [-0.2, -0.15) is 13.2 Å². The molecular weight excluding hydrogens is 463 g/mol.